The van der Waals surface area contributed by atoms with Crippen molar-refractivity contribution in [2.24, 2.45) is 0 Å². The van der Waals surface area contributed by atoms with Gasteiger partial charge in [0.05, 0.1) is 10.2 Å². The number of benzene rings is 8. The lowest BCUT2D eigenvalue weighted by Crippen LogP contribution is -2.02. The second-order valence-corrected chi connectivity index (χ2v) is 15.5. The number of fused-ring (bicyclic) bond motifs is 6. The van der Waals surface area contributed by atoms with Crippen LogP contribution in [0.4, 0.5) is 0 Å². The summed E-state index contributed by atoms with van der Waals surface area (Å²) < 4.78 is 3.45. The number of rotatable bonds is 5. The summed E-state index contributed by atoms with van der Waals surface area (Å²) in [6.07, 6.45) is 0. The van der Waals surface area contributed by atoms with Crippen molar-refractivity contribution in [2.75, 3.05) is 0 Å². The standard InChI is InChI=1S/C48H28N4S2/c1-3-14-30(15-4-1)37-26-33-19-9-10-20-34(33)27-38(37)46-50-45(35-24-23-29-13-7-8-18-32(29)25-35)51-47(52-46)43-42-36-21-11-12-22-40(36)53-41(42)28-39-44(43)54-48(49-39)31-16-5-2-6-17-31/h1-28H. The molecule has 0 radical (unpaired) electrons. The van der Waals surface area contributed by atoms with Crippen LogP contribution in [-0.2, 0) is 0 Å². The fourth-order valence-electron chi connectivity index (χ4n) is 7.54. The molecule has 3 heterocycles. The molecule has 6 heteroatoms. The molecule has 0 saturated carbocycles. The first-order valence-electron chi connectivity index (χ1n) is 17.9. The van der Waals surface area contributed by atoms with Crippen molar-refractivity contribution in [2.45, 2.75) is 0 Å². The monoisotopic (exact) mass is 724 g/mol. The maximum Gasteiger partial charge on any atom is 0.166 e. The maximum absolute atomic E-state index is 5.48. The Balaban J connectivity index is 1.26. The molecule has 0 spiro atoms. The van der Waals surface area contributed by atoms with E-state index >= 15 is 0 Å². The van der Waals surface area contributed by atoms with Crippen LogP contribution in [0.5, 0.6) is 0 Å². The van der Waals surface area contributed by atoms with Crippen LogP contribution in [0.3, 0.4) is 0 Å². The molecule has 8 aromatic carbocycles. The Morgan fingerprint density at radius 1 is 0.370 bits per heavy atom. The average Bonchev–Trinajstić information content (AvgIpc) is 3.84. The number of hydrogen-bond acceptors (Lipinski definition) is 6. The first-order chi connectivity index (χ1) is 26.7. The molecule has 0 N–H and O–H groups in total. The molecule has 11 rings (SSSR count). The van der Waals surface area contributed by atoms with E-state index in [9.17, 15) is 0 Å². The minimum Gasteiger partial charge on any atom is -0.236 e. The topological polar surface area (TPSA) is 51.6 Å². The number of aromatic nitrogens is 4. The number of thiazole rings is 1. The van der Waals surface area contributed by atoms with Gasteiger partial charge >= 0.3 is 0 Å². The zero-order chi connectivity index (χ0) is 35.6. The summed E-state index contributed by atoms with van der Waals surface area (Å²) >= 11 is 3.49. The van der Waals surface area contributed by atoms with Crippen molar-refractivity contribution in [3.05, 3.63) is 170 Å². The predicted molar refractivity (Wildman–Crippen MR) is 228 cm³/mol. The normalized spacial score (nSPS) is 11.7. The maximum atomic E-state index is 5.48. The Morgan fingerprint density at radius 2 is 0.981 bits per heavy atom. The third-order valence-corrected chi connectivity index (χ3v) is 12.4. The largest absolute Gasteiger partial charge is 0.236 e. The number of thiophene rings is 1. The van der Waals surface area contributed by atoms with Gasteiger partial charge in [0.15, 0.2) is 17.5 Å². The van der Waals surface area contributed by atoms with Crippen LogP contribution >= 0.6 is 22.7 Å². The van der Waals surface area contributed by atoms with Crippen LogP contribution in [0.25, 0.3) is 108 Å². The van der Waals surface area contributed by atoms with E-state index in [1.54, 1.807) is 22.7 Å². The SMILES string of the molecule is c1ccc(-c2nc3cc4sc5ccccc5c4c(-c4nc(-c5ccc6ccccc6c5)nc(-c5cc6ccccc6cc5-c5ccccc5)n4)c3s2)cc1. The van der Waals surface area contributed by atoms with E-state index in [1.165, 1.54) is 20.9 Å². The van der Waals surface area contributed by atoms with Crippen LogP contribution in [-0.4, -0.2) is 19.9 Å². The Bertz CT molecular complexity index is 3220. The summed E-state index contributed by atoms with van der Waals surface area (Å²) in [5.74, 6) is 1.90. The van der Waals surface area contributed by atoms with Crippen LogP contribution in [0, 0.1) is 0 Å². The third-order valence-electron chi connectivity index (χ3n) is 10.1. The van der Waals surface area contributed by atoms with Gasteiger partial charge in [-0.25, -0.2) is 19.9 Å². The Morgan fingerprint density at radius 3 is 1.76 bits per heavy atom. The first-order valence-corrected chi connectivity index (χ1v) is 19.5. The highest BCUT2D eigenvalue weighted by Crippen LogP contribution is 2.47. The second-order valence-electron chi connectivity index (χ2n) is 13.4. The Hall–Kier alpha value is -6.60. The molecule has 0 aliphatic carbocycles. The molecule has 0 aliphatic rings. The van der Waals surface area contributed by atoms with E-state index in [1.807, 2.05) is 6.07 Å². The van der Waals surface area contributed by atoms with E-state index in [-0.39, 0.29) is 0 Å². The summed E-state index contributed by atoms with van der Waals surface area (Å²) in [4.78, 5) is 21.4. The Kier molecular flexibility index (Phi) is 7.18. The summed E-state index contributed by atoms with van der Waals surface area (Å²) in [7, 11) is 0. The predicted octanol–water partition coefficient (Wildman–Crippen LogP) is 13.5. The molecule has 0 unspecified atom stereocenters. The highest BCUT2D eigenvalue weighted by atomic mass is 32.1. The lowest BCUT2D eigenvalue weighted by molar-refractivity contribution is 1.08. The fourth-order valence-corrected chi connectivity index (χ4v) is 9.78. The molecule has 54 heavy (non-hydrogen) atoms. The molecule has 3 aromatic heterocycles. The average molecular weight is 725 g/mol. The van der Waals surface area contributed by atoms with Crippen molar-refractivity contribution < 1.29 is 0 Å². The molecular weight excluding hydrogens is 697 g/mol. The quantitative estimate of drug-likeness (QED) is 0.177. The van der Waals surface area contributed by atoms with E-state index in [2.05, 4.69) is 164 Å². The van der Waals surface area contributed by atoms with Gasteiger partial charge in [-0.15, -0.1) is 22.7 Å². The van der Waals surface area contributed by atoms with Gasteiger partial charge in [0.25, 0.3) is 0 Å². The van der Waals surface area contributed by atoms with Gasteiger partial charge in [-0.05, 0) is 63.0 Å². The lowest BCUT2D eigenvalue weighted by Gasteiger charge is -2.14. The van der Waals surface area contributed by atoms with Gasteiger partial charge in [-0.1, -0.05) is 140 Å². The van der Waals surface area contributed by atoms with Gasteiger partial charge in [0.1, 0.15) is 5.01 Å². The molecule has 0 fully saturated rings. The van der Waals surface area contributed by atoms with Gasteiger partial charge in [-0.3, -0.25) is 0 Å². The van der Waals surface area contributed by atoms with E-state index in [0.717, 1.165) is 69.5 Å². The fraction of sp³-hybridized carbons (Fsp3) is 0. The van der Waals surface area contributed by atoms with Crippen LogP contribution in [0.1, 0.15) is 0 Å². The van der Waals surface area contributed by atoms with Crippen molar-refractivity contribution in [3.63, 3.8) is 0 Å². The molecule has 0 amide bonds. The number of nitrogens with zero attached hydrogens (tertiary/aromatic N) is 4. The van der Waals surface area contributed by atoms with Crippen LogP contribution < -0.4 is 0 Å². The van der Waals surface area contributed by atoms with E-state index < -0.39 is 0 Å². The molecule has 11 aromatic rings. The first kappa shape index (κ1) is 31.0. The number of hydrogen-bond donors (Lipinski definition) is 0. The second kappa shape index (κ2) is 12.5. The minimum atomic E-state index is 0.630. The molecule has 0 saturated heterocycles. The van der Waals surface area contributed by atoms with Crippen molar-refractivity contribution in [1.82, 2.24) is 19.9 Å². The highest BCUT2D eigenvalue weighted by molar-refractivity contribution is 7.26. The van der Waals surface area contributed by atoms with Crippen LogP contribution in [0.15, 0.2) is 170 Å². The van der Waals surface area contributed by atoms with E-state index in [0.29, 0.717) is 17.5 Å². The zero-order valence-electron chi connectivity index (χ0n) is 28.8. The third kappa shape index (κ3) is 5.18. The van der Waals surface area contributed by atoms with Gasteiger partial charge in [0.2, 0.25) is 0 Å². The van der Waals surface area contributed by atoms with Crippen molar-refractivity contribution in [1.29, 1.82) is 0 Å². The summed E-state index contributed by atoms with van der Waals surface area (Å²) in [6.45, 7) is 0. The van der Waals surface area contributed by atoms with Gasteiger partial charge in [0, 0.05) is 42.4 Å². The van der Waals surface area contributed by atoms with E-state index in [4.69, 9.17) is 19.9 Å². The van der Waals surface area contributed by atoms with Crippen LogP contribution in [0.2, 0.25) is 0 Å². The zero-order valence-corrected chi connectivity index (χ0v) is 30.4. The summed E-state index contributed by atoms with van der Waals surface area (Å²) in [5.41, 5.74) is 7.10. The minimum absolute atomic E-state index is 0.630. The molecule has 0 bridgehead atoms. The smallest absolute Gasteiger partial charge is 0.166 e. The molecule has 252 valence electrons. The lowest BCUT2D eigenvalue weighted by atomic mass is 9.95. The molecule has 0 atom stereocenters. The molecular formula is C48H28N4S2. The van der Waals surface area contributed by atoms with Gasteiger partial charge < -0.3 is 0 Å². The Labute approximate surface area is 318 Å². The molecule has 0 aliphatic heterocycles. The van der Waals surface area contributed by atoms with Crippen molar-refractivity contribution in [3.8, 4) is 55.9 Å². The summed E-state index contributed by atoms with van der Waals surface area (Å²) in [5, 5.41) is 7.91. The highest BCUT2D eigenvalue weighted by Gasteiger charge is 2.24. The molecule has 4 nitrogen and oxygen atoms in total. The van der Waals surface area contributed by atoms with Gasteiger partial charge in [-0.2, -0.15) is 0 Å². The summed E-state index contributed by atoms with van der Waals surface area (Å²) in [6, 6.07) is 59.7. The van der Waals surface area contributed by atoms with Crippen molar-refractivity contribution >= 4 is 74.6 Å².